The molecule has 0 unspecified atom stereocenters. The SMILES string of the molecule is FC(F)(F)CONCc1cn2cc(Cl)ccc2n1. The molecule has 8 heteroatoms. The van der Waals surface area contributed by atoms with Crippen molar-refractivity contribution in [2.45, 2.75) is 12.7 Å². The first kappa shape index (κ1) is 13.1. The summed E-state index contributed by atoms with van der Waals surface area (Å²) in [5.74, 6) is 0. The van der Waals surface area contributed by atoms with Gasteiger partial charge in [-0.3, -0.25) is 4.84 Å². The fourth-order valence-electron chi connectivity index (χ4n) is 1.36. The van der Waals surface area contributed by atoms with Gasteiger partial charge in [-0.15, -0.1) is 0 Å². The van der Waals surface area contributed by atoms with E-state index in [4.69, 9.17) is 11.6 Å². The highest BCUT2D eigenvalue weighted by Gasteiger charge is 2.27. The Balaban J connectivity index is 1.92. The summed E-state index contributed by atoms with van der Waals surface area (Å²) in [5, 5.41) is 0.549. The summed E-state index contributed by atoms with van der Waals surface area (Å²) < 4.78 is 37.1. The third kappa shape index (κ3) is 3.59. The zero-order chi connectivity index (χ0) is 13.2. The predicted octanol–water partition coefficient (Wildman–Crippen LogP) is 2.57. The van der Waals surface area contributed by atoms with Gasteiger partial charge in [0.25, 0.3) is 0 Å². The molecular formula is C10H9ClF3N3O. The summed E-state index contributed by atoms with van der Waals surface area (Å²) in [6, 6.07) is 3.39. The number of hydrogen-bond donors (Lipinski definition) is 1. The highest BCUT2D eigenvalue weighted by molar-refractivity contribution is 6.30. The van der Waals surface area contributed by atoms with Gasteiger partial charge in [-0.1, -0.05) is 11.6 Å². The highest BCUT2D eigenvalue weighted by atomic mass is 35.5. The molecule has 0 bridgehead atoms. The number of pyridine rings is 1. The number of rotatable bonds is 4. The Morgan fingerprint density at radius 2 is 2.11 bits per heavy atom. The largest absolute Gasteiger partial charge is 0.413 e. The van der Waals surface area contributed by atoms with Crippen molar-refractivity contribution < 1.29 is 18.0 Å². The number of hydrogen-bond acceptors (Lipinski definition) is 3. The van der Waals surface area contributed by atoms with Crippen LogP contribution in [0.15, 0.2) is 24.5 Å². The molecule has 0 aliphatic carbocycles. The molecule has 0 saturated heterocycles. The van der Waals surface area contributed by atoms with Crippen LogP contribution in [0.2, 0.25) is 5.02 Å². The Hall–Kier alpha value is -1.31. The maximum absolute atomic E-state index is 11.8. The van der Waals surface area contributed by atoms with Gasteiger partial charge in [0.2, 0.25) is 0 Å². The lowest BCUT2D eigenvalue weighted by atomic mass is 10.5. The van der Waals surface area contributed by atoms with E-state index < -0.39 is 12.8 Å². The van der Waals surface area contributed by atoms with Crippen LogP contribution in [-0.4, -0.2) is 22.2 Å². The van der Waals surface area contributed by atoms with Gasteiger partial charge in [-0.05, 0) is 12.1 Å². The molecule has 2 heterocycles. The molecule has 0 amide bonds. The van der Waals surface area contributed by atoms with Crippen molar-refractivity contribution in [1.82, 2.24) is 14.9 Å². The van der Waals surface area contributed by atoms with Crippen LogP contribution < -0.4 is 5.48 Å². The second-order valence-corrected chi connectivity index (χ2v) is 4.01. The minimum Gasteiger partial charge on any atom is -0.305 e. The molecular weight excluding hydrogens is 271 g/mol. The number of fused-ring (bicyclic) bond motifs is 1. The Bertz CT molecular complexity index is 541. The van der Waals surface area contributed by atoms with Gasteiger partial charge < -0.3 is 4.40 Å². The van der Waals surface area contributed by atoms with Crippen molar-refractivity contribution in [3.63, 3.8) is 0 Å². The van der Waals surface area contributed by atoms with Crippen molar-refractivity contribution in [3.8, 4) is 0 Å². The van der Waals surface area contributed by atoms with Crippen molar-refractivity contribution in [2.75, 3.05) is 6.61 Å². The smallest absolute Gasteiger partial charge is 0.305 e. The number of imidazole rings is 1. The predicted molar refractivity (Wildman–Crippen MR) is 59.0 cm³/mol. The minimum absolute atomic E-state index is 0.0787. The lowest BCUT2D eigenvalue weighted by Gasteiger charge is -2.06. The Kier molecular flexibility index (Phi) is 3.74. The van der Waals surface area contributed by atoms with Crippen molar-refractivity contribution in [2.24, 2.45) is 0 Å². The fourth-order valence-corrected chi connectivity index (χ4v) is 1.53. The number of alkyl halides is 3. The third-order valence-electron chi connectivity index (χ3n) is 2.06. The summed E-state index contributed by atoms with van der Waals surface area (Å²) >= 11 is 5.79. The van der Waals surface area contributed by atoms with E-state index in [1.807, 2.05) is 0 Å². The first-order chi connectivity index (χ1) is 8.44. The Labute approximate surface area is 105 Å². The van der Waals surface area contributed by atoms with Crippen LogP contribution in [0.5, 0.6) is 0 Å². The van der Waals surface area contributed by atoms with Gasteiger partial charge in [0.15, 0.2) is 6.61 Å². The van der Waals surface area contributed by atoms with E-state index in [9.17, 15) is 13.2 Å². The molecule has 18 heavy (non-hydrogen) atoms. The second-order valence-electron chi connectivity index (χ2n) is 3.57. The first-order valence-corrected chi connectivity index (χ1v) is 5.36. The fraction of sp³-hybridized carbons (Fsp3) is 0.300. The maximum atomic E-state index is 11.8. The molecule has 2 rings (SSSR count). The Morgan fingerprint density at radius 1 is 1.33 bits per heavy atom. The maximum Gasteiger partial charge on any atom is 0.413 e. The highest BCUT2D eigenvalue weighted by Crippen LogP contribution is 2.14. The molecule has 0 radical (unpaired) electrons. The molecule has 0 aromatic carbocycles. The number of halogens is 4. The summed E-state index contributed by atoms with van der Waals surface area (Å²) in [5.41, 5.74) is 3.42. The zero-order valence-corrected chi connectivity index (χ0v) is 9.79. The number of nitrogens with zero attached hydrogens (tertiary/aromatic N) is 2. The normalized spacial score (nSPS) is 12.2. The van der Waals surface area contributed by atoms with Gasteiger partial charge in [0.05, 0.1) is 17.3 Å². The standard InChI is InChI=1S/C10H9ClF3N3O/c11-7-1-2-9-16-8(5-17(9)4-7)3-15-18-6-10(12,13)14/h1-2,4-5,15H,3,6H2. The summed E-state index contributed by atoms with van der Waals surface area (Å²) in [6.45, 7) is -1.26. The average molecular weight is 280 g/mol. The molecule has 1 N–H and O–H groups in total. The summed E-state index contributed by atoms with van der Waals surface area (Å²) in [6.07, 6.45) is -1.03. The van der Waals surface area contributed by atoms with Crippen molar-refractivity contribution in [3.05, 3.63) is 35.2 Å². The topological polar surface area (TPSA) is 38.6 Å². The van der Waals surface area contributed by atoms with Crippen LogP contribution in [0, 0.1) is 0 Å². The van der Waals surface area contributed by atoms with Crippen LogP contribution in [0.4, 0.5) is 13.2 Å². The summed E-state index contributed by atoms with van der Waals surface area (Å²) in [4.78, 5) is 8.44. The summed E-state index contributed by atoms with van der Waals surface area (Å²) in [7, 11) is 0. The van der Waals surface area contributed by atoms with Gasteiger partial charge in [0, 0.05) is 12.4 Å². The van der Waals surface area contributed by atoms with Gasteiger partial charge >= 0.3 is 6.18 Å². The van der Waals surface area contributed by atoms with E-state index in [-0.39, 0.29) is 6.54 Å². The molecule has 0 aliphatic rings. The number of aromatic nitrogens is 2. The Morgan fingerprint density at radius 3 is 2.83 bits per heavy atom. The molecule has 0 fully saturated rings. The monoisotopic (exact) mass is 279 g/mol. The molecule has 2 aromatic rings. The quantitative estimate of drug-likeness (QED) is 0.690. The van der Waals surface area contributed by atoms with Crippen LogP contribution in [0.3, 0.4) is 0 Å². The zero-order valence-electron chi connectivity index (χ0n) is 9.04. The van der Waals surface area contributed by atoms with Crippen molar-refractivity contribution >= 4 is 17.2 Å². The molecule has 0 spiro atoms. The minimum atomic E-state index is -4.35. The number of nitrogens with one attached hydrogen (secondary N) is 1. The number of hydroxylamine groups is 1. The van der Waals surface area contributed by atoms with E-state index in [0.29, 0.717) is 16.4 Å². The molecule has 2 aromatic heterocycles. The first-order valence-electron chi connectivity index (χ1n) is 4.98. The van der Waals surface area contributed by atoms with Crippen molar-refractivity contribution in [1.29, 1.82) is 0 Å². The van der Waals surface area contributed by atoms with E-state index in [1.165, 1.54) is 0 Å². The van der Waals surface area contributed by atoms with Crippen LogP contribution in [0.1, 0.15) is 5.69 Å². The van der Waals surface area contributed by atoms with Gasteiger partial charge in [-0.25, -0.2) is 4.98 Å². The molecule has 0 atom stereocenters. The van der Waals surface area contributed by atoms with E-state index >= 15 is 0 Å². The molecule has 4 nitrogen and oxygen atoms in total. The van der Waals surface area contributed by atoms with E-state index in [0.717, 1.165) is 0 Å². The van der Waals surface area contributed by atoms with Crippen LogP contribution >= 0.6 is 11.6 Å². The lowest BCUT2D eigenvalue weighted by Crippen LogP contribution is -2.24. The van der Waals surface area contributed by atoms with Gasteiger partial charge in [0.1, 0.15) is 5.65 Å². The second kappa shape index (κ2) is 5.13. The lowest BCUT2D eigenvalue weighted by molar-refractivity contribution is -0.190. The van der Waals surface area contributed by atoms with Gasteiger partial charge in [-0.2, -0.15) is 18.7 Å². The average Bonchev–Trinajstić information content (AvgIpc) is 2.65. The van der Waals surface area contributed by atoms with Crippen LogP contribution in [0.25, 0.3) is 5.65 Å². The van der Waals surface area contributed by atoms with E-state index in [1.54, 1.807) is 28.9 Å². The third-order valence-corrected chi connectivity index (χ3v) is 2.28. The van der Waals surface area contributed by atoms with E-state index in [2.05, 4.69) is 15.3 Å². The van der Waals surface area contributed by atoms with Crippen LogP contribution in [-0.2, 0) is 11.4 Å². The molecule has 98 valence electrons. The molecule has 0 aliphatic heterocycles. The molecule has 0 saturated carbocycles.